The van der Waals surface area contributed by atoms with E-state index in [0.717, 1.165) is 37.7 Å². The summed E-state index contributed by atoms with van der Waals surface area (Å²) in [6, 6.07) is 15.1. The summed E-state index contributed by atoms with van der Waals surface area (Å²) >= 11 is 0. The Morgan fingerprint density at radius 3 is 2.28 bits per heavy atom. The van der Waals surface area contributed by atoms with E-state index in [1.165, 1.54) is 0 Å². The minimum atomic E-state index is -5.10. The van der Waals surface area contributed by atoms with Crippen LogP contribution < -0.4 is 5.32 Å². The predicted octanol–water partition coefficient (Wildman–Crippen LogP) is 6.44. The van der Waals surface area contributed by atoms with Crippen molar-refractivity contribution < 1.29 is 41.0 Å². The summed E-state index contributed by atoms with van der Waals surface area (Å²) in [6.45, 7) is -1.94. The second-order valence-corrected chi connectivity index (χ2v) is 12.3. The third kappa shape index (κ3) is 7.36. The Morgan fingerprint density at radius 2 is 1.64 bits per heavy atom. The number of rotatable bonds is 9. The maximum atomic E-state index is 14.4. The molecule has 1 aliphatic rings. The summed E-state index contributed by atoms with van der Waals surface area (Å²) in [5.41, 5.74) is 0.294. The monoisotopic (exact) mass is 660 g/mol. The van der Waals surface area contributed by atoms with Crippen molar-refractivity contribution in [2.45, 2.75) is 44.2 Å². The zero-order valence-electron chi connectivity index (χ0n) is 25.8. The van der Waals surface area contributed by atoms with Gasteiger partial charge in [-0.1, -0.05) is 36.4 Å². The number of benzene rings is 3. The molecule has 1 saturated heterocycles. The Bertz CT molecular complexity index is 1780. The molecule has 5 rings (SSSR count). The van der Waals surface area contributed by atoms with Gasteiger partial charge in [0.25, 0.3) is 0 Å². The van der Waals surface area contributed by atoms with E-state index >= 15 is 0 Å². The Kier molecular flexibility index (Phi) is 9.52. The van der Waals surface area contributed by atoms with Crippen LogP contribution in [0.4, 0.5) is 26.3 Å². The van der Waals surface area contributed by atoms with Gasteiger partial charge in [-0.15, -0.1) is 0 Å². The quantitative estimate of drug-likeness (QED) is 0.201. The molecule has 13 heteroatoms. The number of fused-ring (bicyclic) bond motifs is 2. The van der Waals surface area contributed by atoms with Crippen molar-refractivity contribution in [2.24, 2.45) is 5.41 Å². The van der Waals surface area contributed by atoms with Crippen LogP contribution in [0.25, 0.3) is 32.7 Å². The summed E-state index contributed by atoms with van der Waals surface area (Å²) in [4.78, 5) is 32.8. The topological polar surface area (TPSA) is 85.8 Å². The lowest BCUT2D eigenvalue weighted by Gasteiger charge is -2.42. The molecule has 4 aromatic rings. The van der Waals surface area contributed by atoms with Gasteiger partial charge in [0.05, 0.1) is 6.54 Å². The van der Waals surface area contributed by atoms with Crippen LogP contribution in [0.1, 0.15) is 24.0 Å². The molecule has 3 aromatic carbocycles. The smallest absolute Gasteiger partial charge is 0.403 e. The number of carbonyl (C=O) groups is 2. The molecule has 1 amide bonds. The second kappa shape index (κ2) is 13.1. The summed E-state index contributed by atoms with van der Waals surface area (Å²) in [5, 5.41) is 15.4. The van der Waals surface area contributed by atoms with E-state index in [9.17, 15) is 41.0 Å². The molecule has 1 fully saturated rings. The molecule has 1 aliphatic heterocycles. The van der Waals surface area contributed by atoms with Gasteiger partial charge in [-0.3, -0.25) is 14.7 Å². The highest BCUT2D eigenvalue weighted by molar-refractivity contribution is 6.06. The van der Waals surface area contributed by atoms with Gasteiger partial charge in [-0.05, 0) is 96.6 Å². The van der Waals surface area contributed by atoms with Crippen LogP contribution in [-0.2, 0) is 22.6 Å². The number of likely N-dealkylation sites (tertiary alicyclic amines) is 1. The maximum absolute atomic E-state index is 14.4. The molecule has 1 aromatic heterocycles. The molecule has 0 radical (unpaired) electrons. The Morgan fingerprint density at radius 1 is 0.957 bits per heavy atom. The lowest BCUT2D eigenvalue weighted by Crippen LogP contribution is -2.59. The van der Waals surface area contributed by atoms with Crippen LogP contribution in [-0.4, -0.2) is 83.9 Å². The number of halogens is 6. The van der Waals surface area contributed by atoms with Crippen LogP contribution in [0.5, 0.6) is 0 Å². The number of aliphatic carboxylic acids is 1. The highest BCUT2D eigenvalue weighted by atomic mass is 19.4. The van der Waals surface area contributed by atoms with Crippen molar-refractivity contribution >= 4 is 33.4 Å². The number of alkyl halides is 6. The molecule has 0 spiro atoms. The number of amides is 1. The molecular weight excluding hydrogens is 626 g/mol. The van der Waals surface area contributed by atoms with Crippen LogP contribution in [0.15, 0.2) is 67.0 Å². The predicted molar refractivity (Wildman–Crippen MR) is 166 cm³/mol. The number of piperidine rings is 1. The van der Waals surface area contributed by atoms with E-state index in [1.54, 1.807) is 30.6 Å². The SMILES string of the molecule is CN(C)Cc1cc(-c2cccc3c(C[C@H](NC(=O)C4(C(F)(F)F)CCN(CC(F)(F)F)CC4)C(=O)O)cccc23)c2cnccc2c1. The van der Waals surface area contributed by atoms with Crippen molar-refractivity contribution in [3.05, 3.63) is 78.1 Å². The van der Waals surface area contributed by atoms with Gasteiger partial charge < -0.3 is 15.3 Å². The van der Waals surface area contributed by atoms with Crippen molar-refractivity contribution in [3.63, 3.8) is 0 Å². The molecule has 0 unspecified atom stereocenters. The first-order chi connectivity index (χ1) is 22.1. The third-order valence-electron chi connectivity index (χ3n) is 8.73. The summed E-state index contributed by atoms with van der Waals surface area (Å²) in [6.07, 6.45) is -8.38. The normalized spacial score (nSPS) is 16.4. The van der Waals surface area contributed by atoms with Crippen molar-refractivity contribution in [2.75, 3.05) is 33.7 Å². The lowest BCUT2D eigenvalue weighted by molar-refractivity contribution is -0.236. The van der Waals surface area contributed by atoms with Gasteiger partial charge in [0.15, 0.2) is 0 Å². The first-order valence-corrected chi connectivity index (χ1v) is 15.0. The number of carboxylic acids is 1. The van der Waals surface area contributed by atoms with Gasteiger partial charge in [-0.25, -0.2) is 4.79 Å². The van der Waals surface area contributed by atoms with E-state index in [0.29, 0.717) is 17.5 Å². The molecular formula is C34H34F6N4O3. The highest BCUT2D eigenvalue weighted by Crippen LogP contribution is 2.47. The van der Waals surface area contributed by atoms with E-state index in [1.807, 2.05) is 43.3 Å². The minimum Gasteiger partial charge on any atom is -0.480 e. The van der Waals surface area contributed by atoms with Crippen LogP contribution in [0.3, 0.4) is 0 Å². The Balaban J connectivity index is 1.47. The van der Waals surface area contributed by atoms with Gasteiger partial charge in [0.2, 0.25) is 5.91 Å². The molecule has 2 N–H and O–H groups in total. The number of carboxylic acid groups (broad SMARTS) is 1. The zero-order chi connectivity index (χ0) is 34.1. The number of aromatic nitrogens is 1. The van der Waals surface area contributed by atoms with E-state index < -0.39 is 68.2 Å². The molecule has 0 saturated carbocycles. The average Bonchev–Trinajstić information content (AvgIpc) is 2.99. The van der Waals surface area contributed by atoms with E-state index in [2.05, 4.69) is 22.4 Å². The number of nitrogens with zero attached hydrogens (tertiary/aromatic N) is 3. The lowest BCUT2D eigenvalue weighted by atomic mass is 9.76. The van der Waals surface area contributed by atoms with Crippen molar-refractivity contribution in [1.29, 1.82) is 0 Å². The molecule has 2 heterocycles. The summed E-state index contributed by atoms with van der Waals surface area (Å²) in [7, 11) is 3.93. The minimum absolute atomic E-state index is 0.320. The standard InChI is InChI=1S/C34H34F6N4O3/c1-43(2)19-21-15-23-9-12-41-18-28(23)27(16-21)26-8-4-6-24-22(5-3-7-25(24)26)17-29(30(45)46)42-31(47)32(34(38,39)40)10-13-44(14-11-32)20-33(35,36)37/h3-9,12,15-16,18,29H,10-11,13-14,17,19-20H2,1-2H3,(H,42,47)(H,45,46)/t29-/m0/s1. The summed E-state index contributed by atoms with van der Waals surface area (Å²) in [5.74, 6) is -3.09. The van der Waals surface area contributed by atoms with Gasteiger partial charge in [0, 0.05) is 30.7 Å². The number of pyridine rings is 1. The molecule has 0 bridgehead atoms. The molecule has 47 heavy (non-hydrogen) atoms. The van der Waals surface area contributed by atoms with E-state index in [4.69, 9.17) is 0 Å². The van der Waals surface area contributed by atoms with Crippen molar-refractivity contribution in [1.82, 2.24) is 20.1 Å². The second-order valence-electron chi connectivity index (χ2n) is 12.3. The Labute approximate surface area is 267 Å². The third-order valence-corrected chi connectivity index (χ3v) is 8.73. The maximum Gasteiger partial charge on any atom is 0.403 e. The van der Waals surface area contributed by atoms with Crippen molar-refractivity contribution in [3.8, 4) is 11.1 Å². The fraction of sp³-hybridized carbons (Fsp3) is 0.382. The number of hydrogen-bond donors (Lipinski definition) is 2. The molecule has 1 atom stereocenters. The van der Waals surface area contributed by atoms with Crippen LogP contribution in [0, 0.1) is 5.41 Å². The Hall–Kier alpha value is -4.23. The highest BCUT2D eigenvalue weighted by Gasteiger charge is 2.61. The zero-order valence-corrected chi connectivity index (χ0v) is 25.8. The first-order valence-electron chi connectivity index (χ1n) is 15.0. The largest absolute Gasteiger partial charge is 0.480 e. The number of hydrogen-bond acceptors (Lipinski definition) is 5. The van der Waals surface area contributed by atoms with Gasteiger partial charge >= 0.3 is 18.3 Å². The summed E-state index contributed by atoms with van der Waals surface area (Å²) < 4.78 is 81.6. The number of nitrogens with one attached hydrogen (secondary N) is 1. The van der Waals surface area contributed by atoms with Crippen LogP contribution in [0.2, 0.25) is 0 Å². The first kappa shape index (κ1) is 34.1. The molecule has 0 aliphatic carbocycles. The number of carbonyl (C=O) groups excluding carboxylic acids is 1. The fourth-order valence-corrected chi connectivity index (χ4v) is 6.43. The van der Waals surface area contributed by atoms with Gasteiger partial charge in [0.1, 0.15) is 11.5 Å². The van der Waals surface area contributed by atoms with Crippen LogP contribution >= 0.6 is 0 Å². The van der Waals surface area contributed by atoms with Gasteiger partial charge in [-0.2, -0.15) is 26.3 Å². The molecule has 250 valence electrons. The van der Waals surface area contributed by atoms with E-state index in [-0.39, 0.29) is 6.42 Å². The fourth-order valence-electron chi connectivity index (χ4n) is 6.43. The average molecular weight is 661 g/mol. The molecule has 7 nitrogen and oxygen atoms in total.